The van der Waals surface area contributed by atoms with Crippen molar-refractivity contribution in [2.24, 2.45) is 0 Å². The molecule has 8 rings (SSSR count). The number of methoxy groups -OCH3 is 2. The molecule has 0 aliphatic carbocycles. The van der Waals surface area contributed by atoms with Crippen molar-refractivity contribution in [1.82, 2.24) is 29.8 Å². The fourth-order valence-electron chi connectivity index (χ4n) is 7.65. The molecule has 2 saturated heterocycles. The van der Waals surface area contributed by atoms with Gasteiger partial charge in [-0.15, -0.1) is 0 Å². The normalized spacial score (nSPS) is 15.8. The molecule has 4 N–H and O–H groups in total. The van der Waals surface area contributed by atoms with Crippen LogP contribution >= 0.6 is 46.4 Å². The summed E-state index contributed by atoms with van der Waals surface area (Å²) in [6.45, 7) is 12.7. The lowest BCUT2D eigenvalue weighted by atomic mass is 10.1. The molecule has 2 aliphatic rings. The van der Waals surface area contributed by atoms with Crippen molar-refractivity contribution in [1.29, 1.82) is 0 Å². The number of amides is 1. The van der Waals surface area contributed by atoms with Crippen molar-refractivity contribution in [3.8, 4) is 34.0 Å². The van der Waals surface area contributed by atoms with Crippen LogP contribution in [0.4, 0.5) is 11.4 Å². The molecule has 1 amide bonds. The molecule has 0 saturated carbocycles. The standard InChI is InChI=1S/C23H26Cl2N5O3.C12H17ClN2O.C11H10ClN3O3/c1-15-13-27(18-4-5-19(24)20(12-18)33-3)10-11-29(15)21(31)14-30-16(2)22(25)23(26-30)17-6-8-28(32)9-7-17;1-9-8-15(6-5-14-9)10-3-4-11(13)12(7-10)16-2;1-7-10(12)11(13-15(7)6-9(16)17)8-2-4-14(18)5-3-8/h4-9,12,15,32H,10-11,13-14H2,1-3H3;3-4,7,9,14H,5-6,8H2,1-2H3;2-5H,6H2,1H3,(H-,13,16,17,18)/q+1;;/p+1/t15-;9-;/m00./s1. The lowest BCUT2D eigenvalue weighted by molar-refractivity contribution is -0.904. The van der Waals surface area contributed by atoms with Crippen LogP contribution in [0.3, 0.4) is 0 Å². The number of aliphatic carboxylic acids is 1. The quantitative estimate of drug-likeness (QED) is 0.0845. The number of ether oxygens (including phenoxy) is 2. The molecule has 2 atom stereocenters. The van der Waals surface area contributed by atoms with Crippen molar-refractivity contribution in [3.05, 3.63) is 117 Å². The van der Waals surface area contributed by atoms with Gasteiger partial charge in [-0.2, -0.15) is 10.2 Å². The SMILES string of the molecule is COc1cc(N2CCN(C(=O)Cn3nc(-c4cc[n+](O)cc4)c(Cl)c3C)[C@@H](C)C2)ccc1Cl.COc1cc(N2CCN[C@@H](C)C2)ccc1Cl.Cc1c(Cl)c(-c2cc[n+](O)cc2)nn1CC(=O)O. The third kappa shape index (κ3) is 12.5. The van der Waals surface area contributed by atoms with E-state index in [9.17, 15) is 14.8 Å². The molecule has 0 spiro atoms. The van der Waals surface area contributed by atoms with Gasteiger partial charge in [0.05, 0.1) is 45.7 Å². The highest BCUT2D eigenvalue weighted by molar-refractivity contribution is 6.34. The molecule has 21 heteroatoms. The number of pyridine rings is 2. The van der Waals surface area contributed by atoms with Gasteiger partial charge >= 0.3 is 5.97 Å². The van der Waals surface area contributed by atoms with Gasteiger partial charge in [-0.3, -0.25) is 29.4 Å². The summed E-state index contributed by atoms with van der Waals surface area (Å²) in [7, 11) is 3.24. The van der Waals surface area contributed by atoms with E-state index in [2.05, 4.69) is 32.2 Å². The maximum absolute atomic E-state index is 13.1. The van der Waals surface area contributed by atoms with Crippen LogP contribution in [0.1, 0.15) is 25.2 Å². The summed E-state index contributed by atoms with van der Waals surface area (Å²) in [6, 6.07) is 18.9. The monoisotopic (exact) mass is 998 g/mol. The van der Waals surface area contributed by atoms with E-state index in [1.54, 1.807) is 50.1 Å². The smallest absolute Gasteiger partial charge is 0.325 e. The Morgan fingerprint density at radius 3 is 1.60 bits per heavy atom. The number of benzene rings is 2. The molecule has 67 heavy (non-hydrogen) atoms. The Hall–Kier alpha value is -5.98. The molecule has 17 nitrogen and oxygen atoms in total. The average molecular weight is 1000 g/mol. The highest BCUT2D eigenvalue weighted by Crippen LogP contribution is 2.33. The second-order valence-corrected chi connectivity index (χ2v) is 17.5. The fraction of sp³-hybridized carbons (Fsp3) is 0.348. The Bertz CT molecular complexity index is 2670. The summed E-state index contributed by atoms with van der Waals surface area (Å²) >= 11 is 24.8. The van der Waals surface area contributed by atoms with Gasteiger partial charge in [0.2, 0.25) is 30.7 Å². The average Bonchev–Trinajstić information content (AvgIpc) is 3.75. The number of carboxylic acids is 1. The minimum absolute atomic E-state index is 0.00841. The summed E-state index contributed by atoms with van der Waals surface area (Å²) in [6.07, 6.45) is 5.89. The molecular formula is C46H54Cl4N10O7+2. The van der Waals surface area contributed by atoms with E-state index in [-0.39, 0.29) is 25.0 Å². The molecular weight excluding hydrogens is 946 g/mol. The van der Waals surface area contributed by atoms with Gasteiger partial charge in [0.15, 0.2) is 0 Å². The summed E-state index contributed by atoms with van der Waals surface area (Å²) in [5.41, 5.74) is 6.05. The number of nitrogens with zero attached hydrogens (tertiary/aromatic N) is 9. The minimum Gasteiger partial charge on any atom is -0.495 e. The van der Waals surface area contributed by atoms with Gasteiger partial charge in [0.1, 0.15) is 36.0 Å². The predicted octanol–water partition coefficient (Wildman–Crippen LogP) is 6.70. The van der Waals surface area contributed by atoms with Gasteiger partial charge in [0.25, 0.3) is 0 Å². The van der Waals surface area contributed by atoms with Gasteiger partial charge in [-0.25, -0.2) is 0 Å². The Balaban J connectivity index is 0.000000183. The molecule has 356 valence electrons. The first-order chi connectivity index (χ1) is 32.0. The van der Waals surface area contributed by atoms with E-state index in [4.69, 9.17) is 66.2 Å². The minimum atomic E-state index is -0.981. The number of carboxylic acid groups (broad SMARTS) is 1. The predicted molar refractivity (Wildman–Crippen MR) is 256 cm³/mol. The van der Waals surface area contributed by atoms with E-state index >= 15 is 0 Å². The van der Waals surface area contributed by atoms with Crippen molar-refractivity contribution < 1.29 is 44.0 Å². The number of carbonyl (C=O) groups excluding carboxylic acids is 1. The Morgan fingerprint density at radius 2 is 1.16 bits per heavy atom. The number of rotatable bonds is 10. The second-order valence-electron chi connectivity index (χ2n) is 16.0. The number of halogens is 4. The number of aromatic nitrogens is 6. The molecule has 4 aromatic heterocycles. The topological polar surface area (TPSA) is 178 Å². The fourth-order valence-corrected chi connectivity index (χ4v) is 8.52. The Kier molecular flexibility index (Phi) is 17.1. The Labute approximate surface area is 408 Å². The van der Waals surface area contributed by atoms with E-state index < -0.39 is 5.97 Å². The maximum Gasteiger partial charge on any atom is 0.325 e. The number of hydrogen-bond acceptors (Lipinski definition) is 11. The molecule has 6 heterocycles. The molecule has 0 bridgehead atoms. The largest absolute Gasteiger partial charge is 0.495 e. The number of carbonyl (C=O) groups is 2. The first-order valence-corrected chi connectivity index (χ1v) is 22.8. The van der Waals surface area contributed by atoms with E-state index in [0.717, 1.165) is 51.8 Å². The van der Waals surface area contributed by atoms with Crippen LogP contribution in [0.5, 0.6) is 11.5 Å². The number of nitrogens with one attached hydrogen (secondary N) is 1. The van der Waals surface area contributed by atoms with Crippen LogP contribution in [-0.2, 0) is 22.7 Å². The molecule has 2 fully saturated rings. The van der Waals surface area contributed by atoms with Crippen molar-refractivity contribution in [2.45, 2.75) is 52.9 Å². The van der Waals surface area contributed by atoms with Crippen molar-refractivity contribution in [2.75, 3.05) is 63.3 Å². The van der Waals surface area contributed by atoms with Gasteiger partial charge < -0.3 is 34.6 Å². The third-order valence-electron chi connectivity index (χ3n) is 11.3. The van der Waals surface area contributed by atoms with Crippen LogP contribution in [0.2, 0.25) is 20.1 Å². The van der Waals surface area contributed by atoms with Gasteiger partial charge in [-0.05, 0) is 52.0 Å². The molecule has 2 aliphatic heterocycles. The van der Waals surface area contributed by atoms with Crippen molar-refractivity contribution in [3.63, 3.8) is 0 Å². The highest BCUT2D eigenvalue weighted by atomic mass is 35.5. The van der Waals surface area contributed by atoms with Gasteiger partial charge in [-0.1, -0.05) is 46.4 Å². The zero-order valence-electron chi connectivity index (χ0n) is 37.9. The lowest BCUT2D eigenvalue weighted by Gasteiger charge is -2.41. The first kappa shape index (κ1) is 50.4. The van der Waals surface area contributed by atoms with E-state index in [0.29, 0.717) is 74.2 Å². The third-order valence-corrected chi connectivity index (χ3v) is 12.9. The van der Waals surface area contributed by atoms with Crippen LogP contribution in [0.15, 0.2) is 85.5 Å². The van der Waals surface area contributed by atoms with Crippen molar-refractivity contribution >= 4 is 69.7 Å². The molecule has 2 aromatic carbocycles. The zero-order chi connectivity index (χ0) is 48.5. The summed E-state index contributed by atoms with van der Waals surface area (Å²) in [5.74, 6) is 0.385. The van der Waals surface area contributed by atoms with E-state index in [1.807, 2.05) is 55.1 Å². The lowest BCUT2D eigenvalue weighted by Crippen LogP contribution is -2.54. The number of piperazine rings is 2. The first-order valence-electron chi connectivity index (χ1n) is 21.3. The molecule has 0 unspecified atom stereocenters. The van der Waals surface area contributed by atoms with Crippen LogP contribution in [-0.4, -0.2) is 117 Å². The second kappa shape index (κ2) is 22.7. The zero-order valence-corrected chi connectivity index (χ0v) is 40.9. The van der Waals surface area contributed by atoms with Gasteiger partial charge in [0, 0.05) is 120 Å². The molecule has 6 aromatic rings. The van der Waals surface area contributed by atoms with Crippen LogP contribution < -0.4 is 34.1 Å². The number of anilines is 2. The maximum atomic E-state index is 13.1. The van der Waals surface area contributed by atoms with E-state index in [1.165, 1.54) is 35.2 Å². The van der Waals surface area contributed by atoms with Crippen LogP contribution in [0.25, 0.3) is 22.5 Å². The van der Waals surface area contributed by atoms with Crippen LogP contribution in [0, 0.1) is 13.8 Å². The highest BCUT2D eigenvalue weighted by Gasteiger charge is 2.29. The number of hydrogen-bond donors (Lipinski definition) is 4. The molecule has 0 radical (unpaired) electrons. The Morgan fingerprint density at radius 1 is 0.701 bits per heavy atom. The summed E-state index contributed by atoms with van der Waals surface area (Å²) < 4.78 is 15.4. The summed E-state index contributed by atoms with van der Waals surface area (Å²) in [5, 5.41) is 41.6. The summed E-state index contributed by atoms with van der Waals surface area (Å²) in [4.78, 5) is 30.3.